The average molecular weight is 420 g/mol. The Labute approximate surface area is 162 Å². The van der Waals surface area contributed by atoms with Crippen LogP contribution in [0.25, 0.3) is 0 Å². The number of amides is 1. The van der Waals surface area contributed by atoms with E-state index in [0.717, 1.165) is 15.8 Å². The van der Waals surface area contributed by atoms with Crippen LogP contribution in [0, 0.1) is 0 Å². The second-order valence-electron chi connectivity index (χ2n) is 5.87. The number of Topliss-reactive ketones (excluding diaryl/α,β-unsaturated/α-hetero) is 1. The molecule has 0 aliphatic heterocycles. The van der Waals surface area contributed by atoms with Gasteiger partial charge in [0.25, 0.3) is 0 Å². The lowest BCUT2D eigenvalue weighted by Crippen LogP contribution is -2.26. The number of ketones is 1. The smallest absolute Gasteiger partial charge is 0.223 e. The van der Waals surface area contributed by atoms with Crippen molar-refractivity contribution in [3.63, 3.8) is 0 Å². The van der Waals surface area contributed by atoms with E-state index in [4.69, 9.17) is 9.47 Å². The summed E-state index contributed by atoms with van der Waals surface area (Å²) in [7, 11) is 4.86. The molecular formula is C20H22BrNO4. The molecule has 0 spiro atoms. The molecule has 0 aromatic heterocycles. The van der Waals surface area contributed by atoms with Crippen LogP contribution < -0.4 is 9.47 Å². The number of carbonyl (C=O) groups excluding carboxylic acids is 2. The van der Waals surface area contributed by atoms with Crippen LogP contribution in [0.2, 0.25) is 0 Å². The maximum atomic E-state index is 12.5. The molecule has 0 bridgehead atoms. The van der Waals surface area contributed by atoms with Crippen molar-refractivity contribution in [2.75, 3.05) is 21.3 Å². The highest BCUT2D eigenvalue weighted by Gasteiger charge is 2.16. The summed E-state index contributed by atoms with van der Waals surface area (Å²) in [5.74, 6) is 1.05. The molecule has 5 nitrogen and oxygen atoms in total. The van der Waals surface area contributed by atoms with E-state index in [1.807, 2.05) is 30.3 Å². The molecule has 0 atom stereocenters. The van der Waals surface area contributed by atoms with Crippen LogP contribution in [0.1, 0.15) is 28.8 Å². The van der Waals surface area contributed by atoms with Gasteiger partial charge in [0, 0.05) is 30.9 Å². The van der Waals surface area contributed by atoms with Crippen LogP contribution in [0.15, 0.2) is 46.9 Å². The zero-order valence-electron chi connectivity index (χ0n) is 15.1. The number of hydrogen-bond donors (Lipinski definition) is 0. The van der Waals surface area contributed by atoms with Crippen LogP contribution in [0.5, 0.6) is 11.5 Å². The molecule has 1 amide bonds. The molecule has 6 heteroatoms. The van der Waals surface area contributed by atoms with Crippen LogP contribution in [-0.4, -0.2) is 37.9 Å². The molecule has 0 unspecified atom stereocenters. The van der Waals surface area contributed by atoms with E-state index in [-0.39, 0.29) is 24.5 Å². The third-order valence-corrected chi connectivity index (χ3v) is 4.50. The lowest BCUT2D eigenvalue weighted by atomic mass is 10.0. The van der Waals surface area contributed by atoms with E-state index < -0.39 is 0 Å². The van der Waals surface area contributed by atoms with Gasteiger partial charge >= 0.3 is 0 Å². The quantitative estimate of drug-likeness (QED) is 0.604. The predicted molar refractivity (Wildman–Crippen MR) is 104 cm³/mol. The zero-order valence-corrected chi connectivity index (χ0v) is 16.7. The number of halogens is 1. The van der Waals surface area contributed by atoms with Gasteiger partial charge in [0.05, 0.1) is 19.8 Å². The molecule has 2 aromatic rings. The van der Waals surface area contributed by atoms with Gasteiger partial charge < -0.3 is 14.4 Å². The molecule has 0 saturated heterocycles. The van der Waals surface area contributed by atoms with Gasteiger partial charge in [-0.1, -0.05) is 28.1 Å². The fraction of sp³-hybridized carbons (Fsp3) is 0.300. The van der Waals surface area contributed by atoms with Gasteiger partial charge in [-0.05, 0) is 35.9 Å². The number of nitrogens with zero attached hydrogens (tertiary/aromatic N) is 1. The fourth-order valence-corrected chi connectivity index (χ4v) is 2.94. The van der Waals surface area contributed by atoms with Crippen molar-refractivity contribution in [1.82, 2.24) is 4.90 Å². The van der Waals surface area contributed by atoms with Crippen molar-refractivity contribution in [3.8, 4) is 11.5 Å². The standard InChI is InChI=1S/C20H22BrNO4/c1-22(13-14-5-4-6-16(11-14)25-2)20(24)10-8-18(23)17-12-15(21)7-9-19(17)26-3/h4-7,9,11-12H,8,10,13H2,1-3H3. The first-order chi connectivity index (χ1) is 12.4. The van der Waals surface area contributed by atoms with Crippen LogP contribution in [0.3, 0.4) is 0 Å². The van der Waals surface area contributed by atoms with Gasteiger partial charge in [-0.3, -0.25) is 9.59 Å². The highest BCUT2D eigenvalue weighted by atomic mass is 79.9. The molecule has 0 saturated carbocycles. The number of methoxy groups -OCH3 is 2. The summed E-state index contributed by atoms with van der Waals surface area (Å²) in [6, 6.07) is 12.8. The Balaban J connectivity index is 1.95. The summed E-state index contributed by atoms with van der Waals surface area (Å²) in [5.41, 5.74) is 1.45. The van der Waals surface area contributed by atoms with Crippen molar-refractivity contribution < 1.29 is 19.1 Å². The van der Waals surface area contributed by atoms with Crippen LogP contribution in [0.4, 0.5) is 0 Å². The van der Waals surface area contributed by atoms with Gasteiger partial charge in [-0.15, -0.1) is 0 Å². The maximum Gasteiger partial charge on any atom is 0.223 e. The van der Waals surface area contributed by atoms with Gasteiger partial charge in [0.2, 0.25) is 5.91 Å². The van der Waals surface area contributed by atoms with E-state index >= 15 is 0 Å². The van der Waals surface area contributed by atoms with E-state index in [0.29, 0.717) is 17.9 Å². The first kappa shape index (κ1) is 20.0. The molecule has 26 heavy (non-hydrogen) atoms. The third kappa shape index (κ3) is 5.33. The summed E-state index contributed by atoms with van der Waals surface area (Å²) >= 11 is 3.35. The van der Waals surface area contributed by atoms with Crippen molar-refractivity contribution in [2.45, 2.75) is 19.4 Å². The van der Waals surface area contributed by atoms with Crippen LogP contribution >= 0.6 is 15.9 Å². The Bertz CT molecular complexity index is 791. The maximum absolute atomic E-state index is 12.5. The molecule has 0 aliphatic rings. The molecule has 0 fully saturated rings. The number of benzene rings is 2. The Kier molecular flexibility index (Phi) is 7.21. The fourth-order valence-electron chi connectivity index (χ4n) is 2.58. The van der Waals surface area contributed by atoms with Gasteiger partial charge in [-0.25, -0.2) is 0 Å². The highest BCUT2D eigenvalue weighted by molar-refractivity contribution is 9.10. The molecule has 0 aliphatic carbocycles. The normalized spacial score (nSPS) is 10.3. The second-order valence-corrected chi connectivity index (χ2v) is 6.78. The molecular weight excluding hydrogens is 398 g/mol. The van der Waals surface area contributed by atoms with Crippen molar-refractivity contribution in [3.05, 3.63) is 58.1 Å². The minimum atomic E-state index is -0.119. The number of hydrogen-bond acceptors (Lipinski definition) is 4. The van der Waals surface area contributed by atoms with E-state index in [1.165, 1.54) is 7.11 Å². The number of rotatable bonds is 8. The average Bonchev–Trinajstić information content (AvgIpc) is 2.65. The molecule has 2 aromatic carbocycles. The molecule has 0 N–H and O–H groups in total. The first-order valence-electron chi connectivity index (χ1n) is 8.18. The predicted octanol–water partition coefficient (Wildman–Crippen LogP) is 4.09. The van der Waals surface area contributed by atoms with E-state index in [9.17, 15) is 9.59 Å². The topological polar surface area (TPSA) is 55.8 Å². The van der Waals surface area contributed by atoms with Crippen molar-refractivity contribution in [2.24, 2.45) is 0 Å². The number of ether oxygens (including phenoxy) is 2. The lowest BCUT2D eigenvalue weighted by molar-refractivity contribution is -0.130. The van der Waals surface area contributed by atoms with Crippen molar-refractivity contribution in [1.29, 1.82) is 0 Å². The largest absolute Gasteiger partial charge is 0.497 e. The van der Waals surface area contributed by atoms with Crippen LogP contribution in [-0.2, 0) is 11.3 Å². The van der Waals surface area contributed by atoms with Gasteiger partial charge in [0.1, 0.15) is 11.5 Å². The molecule has 2 rings (SSSR count). The van der Waals surface area contributed by atoms with E-state index in [2.05, 4.69) is 15.9 Å². The summed E-state index contributed by atoms with van der Waals surface area (Å²) < 4.78 is 11.2. The summed E-state index contributed by atoms with van der Waals surface area (Å²) in [5, 5.41) is 0. The number of carbonyl (C=O) groups is 2. The molecule has 0 heterocycles. The Morgan fingerprint density at radius 3 is 2.50 bits per heavy atom. The SMILES string of the molecule is COc1cccc(CN(C)C(=O)CCC(=O)c2cc(Br)ccc2OC)c1. The first-order valence-corrected chi connectivity index (χ1v) is 8.97. The minimum absolute atomic E-state index is 0.0878. The minimum Gasteiger partial charge on any atom is -0.497 e. The monoisotopic (exact) mass is 419 g/mol. The second kappa shape index (κ2) is 9.38. The lowest BCUT2D eigenvalue weighted by Gasteiger charge is -2.17. The highest BCUT2D eigenvalue weighted by Crippen LogP contribution is 2.24. The Morgan fingerprint density at radius 2 is 1.81 bits per heavy atom. The summed E-state index contributed by atoms with van der Waals surface area (Å²) in [4.78, 5) is 26.4. The van der Waals surface area contributed by atoms with Crippen molar-refractivity contribution >= 4 is 27.6 Å². The third-order valence-electron chi connectivity index (χ3n) is 4.01. The Hall–Kier alpha value is -2.34. The Morgan fingerprint density at radius 1 is 1.04 bits per heavy atom. The summed E-state index contributed by atoms with van der Waals surface area (Å²) in [6.45, 7) is 0.463. The van der Waals surface area contributed by atoms with Gasteiger partial charge in [-0.2, -0.15) is 0 Å². The molecule has 138 valence electrons. The summed E-state index contributed by atoms with van der Waals surface area (Å²) in [6.07, 6.45) is 0.281. The zero-order chi connectivity index (χ0) is 19.1. The van der Waals surface area contributed by atoms with E-state index in [1.54, 1.807) is 31.2 Å². The van der Waals surface area contributed by atoms with Gasteiger partial charge in [0.15, 0.2) is 5.78 Å². The molecule has 0 radical (unpaired) electrons.